The minimum Gasteiger partial charge on any atom is -0.544 e. The van der Waals surface area contributed by atoms with Crippen molar-refractivity contribution in [3.05, 3.63) is 12.2 Å². The highest BCUT2D eigenvalue weighted by molar-refractivity contribution is 5.70. The highest BCUT2D eigenvalue weighted by atomic mass is 16.6. The van der Waals surface area contributed by atoms with Gasteiger partial charge in [-0.05, 0) is 38.5 Å². The summed E-state index contributed by atoms with van der Waals surface area (Å²) in [4.78, 5) is 36.6. The van der Waals surface area contributed by atoms with Crippen LogP contribution in [0.25, 0.3) is 0 Å². The van der Waals surface area contributed by atoms with E-state index in [4.69, 9.17) is 14.2 Å². The number of rotatable bonds is 40. The molecule has 0 radical (unpaired) electrons. The number of carboxylic acids is 1. The first-order valence-electron chi connectivity index (χ1n) is 22.2. The standard InChI is InChI=1S/C45H85NO7/c1-6-8-10-12-14-15-16-17-18-19-20-21-22-23-24-25-26-27-28-30-31-33-35-43(47)52-40-41(39-51-38-37-42(45(49)50)46(3,4)5)53-44(48)36-34-32-29-13-11-9-7-2/h22-23,41-42H,6-21,24-40H2,1-5H3/b23-22+. The first kappa shape index (κ1) is 51.1. The Bertz CT molecular complexity index is 885. The van der Waals surface area contributed by atoms with E-state index < -0.39 is 18.1 Å². The summed E-state index contributed by atoms with van der Waals surface area (Å²) in [7, 11) is 5.40. The Balaban J connectivity index is 4.10. The van der Waals surface area contributed by atoms with Crippen LogP contribution in [0.15, 0.2) is 12.2 Å². The molecule has 2 atom stereocenters. The number of unbranched alkanes of at least 4 members (excludes halogenated alkanes) is 24. The minimum atomic E-state index is -1.12. The first-order chi connectivity index (χ1) is 25.6. The number of carbonyl (C=O) groups is 3. The molecule has 0 heterocycles. The molecule has 0 fully saturated rings. The van der Waals surface area contributed by atoms with Crippen molar-refractivity contribution in [2.24, 2.45) is 0 Å². The van der Waals surface area contributed by atoms with Gasteiger partial charge in [-0.15, -0.1) is 0 Å². The zero-order chi connectivity index (χ0) is 39.3. The largest absolute Gasteiger partial charge is 0.544 e. The average Bonchev–Trinajstić information content (AvgIpc) is 3.11. The van der Waals surface area contributed by atoms with Crippen LogP contribution in [0.4, 0.5) is 0 Å². The Labute approximate surface area is 327 Å². The topological polar surface area (TPSA) is 102 Å². The van der Waals surface area contributed by atoms with Gasteiger partial charge in [-0.3, -0.25) is 9.59 Å². The molecular formula is C45H85NO7. The summed E-state index contributed by atoms with van der Waals surface area (Å²) >= 11 is 0. The minimum absolute atomic E-state index is 0.0438. The van der Waals surface area contributed by atoms with E-state index >= 15 is 0 Å². The smallest absolute Gasteiger partial charge is 0.306 e. The number of carbonyl (C=O) groups excluding carboxylic acids is 3. The third-order valence-electron chi connectivity index (χ3n) is 10.2. The quantitative estimate of drug-likeness (QED) is 0.0266. The maximum Gasteiger partial charge on any atom is 0.306 e. The molecule has 53 heavy (non-hydrogen) atoms. The molecule has 0 bridgehead atoms. The average molecular weight is 752 g/mol. The van der Waals surface area contributed by atoms with E-state index in [0.29, 0.717) is 12.8 Å². The molecular weight excluding hydrogens is 666 g/mol. The van der Waals surface area contributed by atoms with E-state index in [1.165, 1.54) is 135 Å². The number of allylic oxidation sites excluding steroid dienone is 2. The van der Waals surface area contributed by atoms with Crippen molar-refractivity contribution in [2.75, 3.05) is 41.0 Å². The Morgan fingerprint density at radius 2 is 0.943 bits per heavy atom. The Hall–Kier alpha value is -1.93. The van der Waals surface area contributed by atoms with Gasteiger partial charge in [0.25, 0.3) is 0 Å². The maximum atomic E-state index is 12.6. The van der Waals surface area contributed by atoms with Crippen LogP contribution in [0.5, 0.6) is 0 Å². The molecule has 0 aromatic heterocycles. The molecule has 2 unspecified atom stereocenters. The normalized spacial score (nSPS) is 13.0. The van der Waals surface area contributed by atoms with Gasteiger partial charge in [-0.2, -0.15) is 0 Å². The van der Waals surface area contributed by atoms with Gasteiger partial charge in [0.05, 0.1) is 40.3 Å². The summed E-state index contributed by atoms with van der Waals surface area (Å²) < 4.78 is 17.1. The number of carboxylic acid groups (broad SMARTS) is 1. The summed E-state index contributed by atoms with van der Waals surface area (Å²) in [6.45, 7) is 4.63. The number of nitrogens with zero attached hydrogens (tertiary/aromatic N) is 1. The summed E-state index contributed by atoms with van der Waals surface area (Å²) in [6, 6.07) is -0.720. The number of quaternary nitrogens is 1. The lowest BCUT2D eigenvalue weighted by molar-refractivity contribution is -0.889. The fraction of sp³-hybridized carbons (Fsp3) is 0.889. The van der Waals surface area contributed by atoms with Crippen molar-refractivity contribution in [3.63, 3.8) is 0 Å². The SMILES string of the molecule is CCCCCCCCCCCCC/C=C/CCCCCCCCCC(=O)OCC(COCCC(C(=O)[O-])[N+](C)(C)C)OC(=O)CCCCCCCCC. The van der Waals surface area contributed by atoms with E-state index in [9.17, 15) is 19.5 Å². The summed E-state index contributed by atoms with van der Waals surface area (Å²) in [6.07, 6.45) is 38.3. The van der Waals surface area contributed by atoms with E-state index in [1.807, 2.05) is 0 Å². The van der Waals surface area contributed by atoms with Crippen molar-refractivity contribution in [1.29, 1.82) is 0 Å². The lowest BCUT2D eigenvalue weighted by Crippen LogP contribution is -2.55. The second kappa shape index (κ2) is 37.0. The zero-order valence-corrected chi connectivity index (χ0v) is 35.4. The van der Waals surface area contributed by atoms with Crippen LogP contribution in [0.2, 0.25) is 0 Å². The highest BCUT2D eigenvalue weighted by Crippen LogP contribution is 2.15. The van der Waals surface area contributed by atoms with Crippen LogP contribution < -0.4 is 5.11 Å². The second-order valence-corrected chi connectivity index (χ2v) is 16.3. The molecule has 0 aliphatic rings. The predicted molar refractivity (Wildman–Crippen MR) is 217 cm³/mol. The van der Waals surface area contributed by atoms with E-state index in [2.05, 4.69) is 26.0 Å². The van der Waals surface area contributed by atoms with Crippen molar-refractivity contribution >= 4 is 17.9 Å². The third kappa shape index (κ3) is 35.5. The lowest BCUT2D eigenvalue weighted by atomic mass is 10.0. The van der Waals surface area contributed by atoms with Gasteiger partial charge in [0.15, 0.2) is 6.10 Å². The van der Waals surface area contributed by atoms with Crippen LogP contribution in [-0.4, -0.2) is 75.5 Å². The predicted octanol–water partition coefficient (Wildman–Crippen LogP) is 10.6. The fourth-order valence-corrected chi connectivity index (χ4v) is 6.65. The van der Waals surface area contributed by atoms with Gasteiger partial charge in [0.2, 0.25) is 0 Å². The lowest BCUT2D eigenvalue weighted by Gasteiger charge is -2.34. The molecule has 0 spiro atoms. The molecule has 0 N–H and O–H groups in total. The number of likely N-dealkylation sites (N-methyl/N-ethyl adjacent to an activating group) is 1. The monoisotopic (exact) mass is 752 g/mol. The molecule has 0 amide bonds. The molecule has 0 aromatic rings. The Morgan fingerprint density at radius 3 is 1.36 bits per heavy atom. The molecule has 0 aliphatic heterocycles. The molecule has 0 saturated carbocycles. The van der Waals surface area contributed by atoms with E-state index in [0.717, 1.165) is 38.5 Å². The number of hydrogen-bond donors (Lipinski definition) is 0. The van der Waals surface area contributed by atoms with Crippen LogP contribution >= 0.6 is 0 Å². The zero-order valence-electron chi connectivity index (χ0n) is 35.4. The van der Waals surface area contributed by atoms with Crippen molar-refractivity contribution in [3.8, 4) is 0 Å². The highest BCUT2D eigenvalue weighted by Gasteiger charge is 2.25. The molecule has 8 nitrogen and oxygen atoms in total. The summed E-state index contributed by atoms with van der Waals surface area (Å²) in [5.41, 5.74) is 0. The number of hydrogen-bond acceptors (Lipinski definition) is 7. The summed E-state index contributed by atoms with van der Waals surface area (Å²) in [5, 5.41) is 11.6. The molecule has 0 saturated heterocycles. The molecule has 0 aliphatic carbocycles. The van der Waals surface area contributed by atoms with Crippen molar-refractivity contribution < 1.29 is 38.2 Å². The maximum absolute atomic E-state index is 12.6. The number of esters is 2. The van der Waals surface area contributed by atoms with Crippen LogP contribution in [0.1, 0.15) is 206 Å². The van der Waals surface area contributed by atoms with Gasteiger partial charge in [-0.25, -0.2) is 0 Å². The van der Waals surface area contributed by atoms with E-state index in [-0.39, 0.29) is 42.7 Å². The van der Waals surface area contributed by atoms with Crippen LogP contribution in [-0.2, 0) is 28.6 Å². The fourth-order valence-electron chi connectivity index (χ4n) is 6.65. The van der Waals surface area contributed by atoms with Gasteiger partial charge in [0.1, 0.15) is 12.6 Å². The first-order valence-corrected chi connectivity index (χ1v) is 22.2. The van der Waals surface area contributed by atoms with Crippen LogP contribution in [0, 0.1) is 0 Å². The Kier molecular flexibility index (Phi) is 35.7. The number of aliphatic carboxylic acids is 1. The Morgan fingerprint density at radius 1 is 0.547 bits per heavy atom. The van der Waals surface area contributed by atoms with Gasteiger partial charge >= 0.3 is 11.9 Å². The molecule has 0 rings (SSSR count). The molecule has 8 heteroatoms. The molecule has 0 aromatic carbocycles. The van der Waals surface area contributed by atoms with Gasteiger partial charge in [-0.1, -0.05) is 161 Å². The number of ether oxygens (including phenoxy) is 3. The van der Waals surface area contributed by atoms with Gasteiger partial charge in [0, 0.05) is 19.3 Å². The molecule has 312 valence electrons. The van der Waals surface area contributed by atoms with Crippen molar-refractivity contribution in [1.82, 2.24) is 0 Å². The second-order valence-electron chi connectivity index (χ2n) is 16.3. The van der Waals surface area contributed by atoms with Crippen LogP contribution in [0.3, 0.4) is 0 Å². The van der Waals surface area contributed by atoms with Crippen molar-refractivity contribution in [2.45, 2.75) is 219 Å². The van der Waals surface area contributed by atoms with E-state index in [1.54, 1.807) is 21.1 Å². The van der Waals surface area contributed by atoms with Gasteiger partial charge < -0.3 is 28.6 Å². The third-order valence-corrected chi connectivity index (χ3v) is 10.2. The summed E-state index contributed by atoms with van der Waals surface area (Å²) in [5.74, 6) is -1.74.